The first kappa shape index (κ1) is 12.6. The van der Waals surface area contributed by atoms with Gasteiger partial charge in [-0.05, 0) is 6.42 Å². The van der Waals surface area contributed by atoms with E-state index in [0.29, 0.717) is 0 Å². The molecule has 0 aliphatic carbocycles. The van der Waals surface area contributed by atoms with Crippen LogP contribution in [0.15, 0.2) is 0 Å². The molecule has 0 aromatic heterocycles. The highest BCUT2D eigenvalue weighted by Crippen LogP contribution is 1.96. The zero-order valence-corrected chi connectivity index (χ0v) is 8.37. The Balaban J connectivity index is 3.56. The summed E-state index contributed by atoms with van der Waals surface area (Å²) >= 11 is 0. The molecule has 5 nitrogen and oxygen atoms in total. The van der Waals surface area contributed by atoms with E-state index in [2.05, 4.69) is 9.47 Å². The van der Waals surface area contributed by atoms with E-state index in [-0.39, 0.29) is 6.42 Å². The first-order valence-corrected chi connectivity index (χ1v) is 4.43. The van der Waals surface area contributed by atoms with Crippen LogP contribution in [-0.2, 0) is 23.9 Å². The van der Waals surface area contributed by atoms with Crippen LogP contribution in [0.4, 0.5) is 0 Å². The zero-order valence-electron chi connectivity index (χ0n) is 8.37. The molecule has 0 unspecified atom stereocenters. The van der Waals surface area contributed by atoms with Crippen LogP contribution in [0.5, 0.6) is 0 Å². The lowest BCUT2D eigenvalue weighted by Crippen LogP contribution is -2.18. The lowest BCUT2D eigenvalue weighted by Gasteiger charge is -2.02. The fourth-order valence-corrected chi connectivity index (χ4v) is 0.722. The molecule has 0 aromatic rings. The van der Waals surface area contributed by atoms with Gasteiger partial charge in [-0.25, -0.2) is 4.79 Å². The molecule has 0 rings (SSSR count). The van der Waals surface area contributed by atoms with Gasteiger partial charge in [-0.2, -0.15) is 0 Å². The minimum Gasteiger partial charge on any atom is -0.454 e. The van der Waals surface area contributed by atoms with Gasteiger partial charge in [0, 0.05) is 13.3 Å². The summed E-state index contributed by atoms with van der Waals surface area (Å²) in [5.74, 6) is -2.01. The average Bonchev–Trinajstić information content (AvgIpc) is 2.10. The summed E-state index contributed by atoms with van der Waals surface area (Å²) in [4.78, 5) is 31.9. The predicted molar refractivity (Wildman–Crippen MR) is 47.3 cm³/mol. The van der Waals surface area contributed by atoms with Crippen molar-refractivity contribution in [1.29, 1.82) is 0 Å². The van der Waals surface area contributed by atoms with Crippen molar-refractivity contribution >= 4 is 17.9 Å². The van der Waals surface area contributed by atoms with Gasteiger partial charge in [-0.1, -0.05) is 13.3 Å². The zero-order chi connectivity index (χ0) is 11.0. The van der Waals surface area contributed by atoms with Crippen molar-refractivity contribution in [2.24, 2.45) is 0 Å². The van der Waals surface area contributed by atoms with E-state index in [1.165, 1.54) is 0 Å². The fourth-order valence-electron chi connectivity index (χ4n) is 0.722. The van der Waals surface area contributed by atoms with Gasteiger partial charge in [0.05, 0.1) is 0 Å². The second-order valence-electron chi connectivity index (χ2n) is 2.73. The topological polar surface area (TPSA) is 69.7 Å². The van der Waals surface area contributed by atoms with Crippen LogP contribution in [0.2, 0.25) is 0 Å². The minimum absolute atomic E-state index is 0.282. The van der Waals surface area contributed by atoms with Crippen LogP contribution in [0.1, 0.15) is 33.1 Å². The first-order valence-electron chi connectivity index (χ1n) is 4.43. The Bertz CT molecular complexity index is 221. The second-order valence-corrected chi connectivity index (χ2v) is 2.73. The Kier molecular flexibility index (Phi) is 6.36. The van der Waals surface area contributed by atoms with Crippen LogP contribution in [-0.4, -0.2) is 24.5 Å². The standard InChI is InChI=1S/C9H14O5/c1-3-4-5-8(11)13-6-9(12)14-7(2)10/h3-6H2,1-2H3. The number of unbranched alkanes of at least 4 members (excludes halogenated alkanes) is 1. The summed E-state index contributed by atoms with van der Waals surface area (Å²) in [6.45, 7) is 2.55. The third kappa shape index (κ3) is 7.27. The van der Waals surface area contributed by atoms with Crippen molar-refractivity contribution in [3.8, 4) is 0 Å². The van der Waals surface area contributed by atoms with Crippen LogP contribution < -0.4 is 0 Å². The van der Waals surface area contributed by atoms with E-state index < -0.39 is 24.5 Å². The molecule has 14 heavy (non-hydrogen) atoms. The fraction of sp³-hybridized carbons (Fsp3) is 0.667. The van der Waals surface area contributed by atoms with Crippen LogP contribution in [0, 0.1) is 0 Å². The normalized spacial score (nSPS) is 9.29. The van der Waals surface area contributed by atoms with E-state index in [1.54, 1.807) is 0 Å². The SMILES string of the molecule is CCCCC(=O)OCC(=O)OC(C)=O. The maximum Gasteiger partial charge on any atom is 0.351 e. The largest absolute Gasteiger partial charge is 0.454 e. The van der Waals surface area contributed by atoms with Gasteiger partial charge < -0.3 is 9.47 Å². The molecule has 0 amide bonds. The third-order valence-corrected chi connectivity index (χ3v) is 1.34. The summed E-state index contributed by atoms with van der Waals surface area (Å²) in [6.07, 6.45) is 1.89. The van der Waals surface area contributed by atoms with Gasteiger partial charge in [0.15, 0.2) is 6.61 Å². The van der Waals surface area contributed by atoms with Gasteiger partial charge in [0.2, 0.25) is 0 Å². The maximum atomic E-state index is 10.9. The number of carbonyl (C=O) groups excluding carboxylic acids is 3. The molecule has 0 saturated heterocycles. The van der Waals surface area contributed by atoms with Gasteiger partial charge in [-0.3, -0.25) is 9.59 Å². The Hall–Kier alpha value is -1.39. The van der Waals surface area contributed by atoms with E-state index in [4.69, 9.17) is 0 Å². The number of esters is 3. The first-order chi connectivity index (χ1) is 6.56. The average molecular weight is 202 g/mol. The van der Waals surface area contributed by atoms with Crippen molar-refractivity contribution in [1.82, 2.24) is 0 Å². The van der Waals surface area contributed by atoms with E-state index >= 15 is 0 Å². The van der Waals surface area contributed by atoms with Crippen molar-refractivity contribution < 1.29 is 23.9 Å². The molecule has 0 bridgehead atoms. The second kappa shape index (κ2) is 7.06. The van der Waals surface area contributed by atoms with Gasteiger partial charge >= 0.3 is 17.9 Å². The quantitative estimate of drug-likeness (QED) is 0.487. The molecule has 0 spiro atoms. The third-order valence-electron chi connectivity index (χ3n) is 1.34. The highest BCUT2D eigenvalue weighted by atomic mass is 16.6. The molecule has 0 atom stereocenters. The molecular formula is C9H14O5. The summed E-state index contributed by atoms with van der Waals surface area (Å²) in [7, 11) is 0. The summed E-state index contributed by atoms with van der Waals surface area (Å²) in [6, 6.07) is 0. The molecule has 0 N–H and O–H groups in total. The summed E-state index contributed by atoms with van der Waals surface area (Å²) in [5.41, 5.74) is 0. The molecule has 80 valence electrons. The highest BCUT2D eigenvalue weighted by molar-refractivity contribution is 5.85. The molecular weight excluding hydrogens is 188 g/mol. The predicted octanol–water partition coefficient (Wildman–Crippen LogP) is 0.810. The Morgan fingerprint density at radius 2 is 1.79 bits per heavy atom. The maximum absolute atomic E-state index is 10.9. The van der Waals surface area contributed by atoms with Crippen molar-refractivity contribution in [3.05, 3.63) is 0 Å². The van der Waals surface area contributed by atoms with Crippen LogP contribution in [0.25, 0.3) is 0 Å². The van der Waals surface area contributed by atoms with Gasteiger partial charge in [-0.15, -0.1) is 0 Å². The Labute approximate surface area is 82.4 Å². The van der Waals surface area contributed by atoms with Crippen molar-refractivity contribution in [2.75, 3.05) is 6.61 Å². The minimum atomic E-state index is -0.845. The van der Waals surface area contributed by atoms with E-state index in [9.17, 15) is 14.4 Å². The Morgan fingerprint density at radius 1 is 1.14 bits per heavy atom. The van der Waals surface area contributed by atoms with Crippen molar-refractivity contribution in [2.45, 2.75) is 33.1 Å². The Morgan fingerprint density at radius 3 is 2.29 bits per heavy atom. The van der Waals surface area contributed by atoms with Gasteiger partial charge in [0.25, 0.3) is 0 Å². The molecule has 0 saturated carbocycles. The molecule has 0 aliphatic rings. The molecule has 5 heteroatoms. The van der Waals surface area contributed by atoms with E-state index in [0.717, 1.165) is 19.8 Å². The highest BCUT2D eigenvalue weighted by Gasteiger charge is 2.09. The number of hydrogen-bond donors (Lipinski definition) is 0. The molecule has 0 radical (unpaired) electrons. The summed E-state index contributed by atoms with van der Waals surface area (Å²) < 4.78 is 8.69. The smallest absolute Gasteiger partial charge is 0.351 e. The lowest BCUT2D eigenvalue weighted by atomic mass is 10.2. The number of carbonyl (C=O) groups is 3. The van der Waals surface area contributed by atoms with Crippen molar-refractivity contribution in [3.63, 3.8) is 0 Å². The molecule has 0 fully saturated rings. The lowest BCUT2D eigenvalue weighted by molar-refractivity contribution is -0.166. The number of hydrogen-bond acceptors (Lipinski definition) is 5. The number of rotatable bonds is 5. The molecule has 0 aromatic carbocycles. The van der Waals surface area contributed by atoms with Gasteiger partial charge in [0.1, 0.15) is 0 Å². The van der Waals surface area contributed by atoms with E-state index in [1.807, 2.05) is 6.92 Å². The van der Waals surface area contributed by atoms with Crippen LogP contribution in [0.3, 0.4) is 0 Å². The van der Waals surface area contributed by atoms with Crippen LogP contribution >= 0.6 is 0 Å². The molecule has 0 aliphatic heterocycles. The molecule has 0 heterocycles. The number of ether oxygens (including phenoxy) is 2. The monoisotopic (exact) mass is 202 g/mol. The summed E-state index contributed by atoms with van der Waals surface area (Å²) in [5, 5.41) is 0.